The Balaban J connectivity index is 1.96. The van der Waals surface area contributed by atoms with Crippen LogP contribution >= 0.6 is 11.6 Å². The minimum absolute atomic E-state index is 0.265. The van der Waals surface area contributed by atoms with Crippen LogP contribution in [0.25, 0.3) is 0 Å². The van der Waals surface area contributed by atoms with Crippen LogP contribution in [0.1, 0.15) is 46.1 Å². The molecular weight excluding hydrogens is 314 g/mol. The Labute approximate surface area is 143 Å². The zero-order chi connectivity index (χ0) is 17.1. The molecule has 1 amide bonds. The van der Waals surface area contributed by atoms with Gasteiger partial charge >= 0.3 is 6.09 Å². The summed E-state index contributed by atoms with van der Waals surface area (Å²) in [5, 5.41) is 0.707. The summed E-state index contributed by atoms with van der Waals surface area (Å²) >= 11 is 6.01. The van der Waals surface area contributed by atoms with Crippen LogP contribution in [0.4, 0.5) is 4.79 Å². The molecule has 1 aliphatic rings. The van der Waals surface area contributed by atoms with Gasteiger partial charge in [-0.15, -0.1) is 0 Å². The van der Waals surface area contributed by atoms with E-state index < -0.39 is 5.60 Å². The van der Waals surface area contributed by atoms with E-state index in [1.807, 2.05) is 45.0 Å². The highest BCUT2D eigenvalue weighted by Gasteiger charge is 2.40. The summed E-state index contributed by atoms with van der Waals surface area (Å²) in [6.45, 7) is 9.46. The maximum atomic E-state index is 12.2. The number of rotatable bonds is 4. The summed E-state index contributed by atoms with van der Waals surface area (Å²) in [6, 6.07) is 7.67. The maximum Gasteiger partial charge on any atom is 0.410 e. The first kappa shape index (κ1) is 18.1. The lowest BCUT2D eigenvalue weighted by molar-refractivity contribution is -0.0527. The minimum Gasteiger partial charge on any atom is -0.444 e. The van der Waals surface area contributed by atoms with Crippen molar-refractivity contribution in [2.45, 2.75) is 58.3 Å². The molecule has 1 aromatic carbocycles. The van der Waals surface area contributed by atoms with Crippen LogP contribution in [0.15, 0.2) is 24.3 Å². The van der Waals surface area contributed by atoms with Gasteiger partial charge in [0.05, 0.1) is 18.8 Å². The van der Waals surface area contributed by atoms with Gasteiger partial charge in [-0.3, -0.25) is 0 Å². The van der Waals surface area contributed by atoms with Crippen LogP contribution in [0, 0.1) is 0 Å². The highest BCUT2D eigenvalue weighted by atomic mass is 35.5. The quantitative estimate of drug-likeness (QED) is 0.801. The number of carbonyl (C=O) groups excluding carboxylic acids is 1. The number of halogens is 1. The monoisotopic (exact) mass is 339 g/mol. The summed E-state index contributed by atoms with van der Waals surface area (Å²) in [6.07, 6.45) is 1.41. The molecule has 128 valence electrons. The summed E-state index contributed by atoms with van der Waals surface area (Å²) < 4.78 is 11.6. The molecule has 0 spiro atoms. The van der Waals surface area contributed by atoms with Crippen molar-refractivity contribution in [1.29, 1.82) is 0 Å². The molecule has 1 fully saturated rings. The second-order valence-electron chi connectivity index (χ2n) is 7.11. The zero-order valence-corrected chi connectivity index (χ0v) is 15.2. The molecule has 0 saturated carbocycles. The van der Waals surface area contributed by atoms with Gasteiger partial charge in [-0.2, -0.15) is 0 Å². The summed E-state index contributed by atoms with van der Waals surface area (Å²) in [7, 11) is 0. The third-order valence-corrected chi connectivity index (χ3v) is 4.28. The SMILES string of the molecule is CCC1(OCc2cccc(Cl)c2)CCN(C(=O)OC(C)(C)C)C1. The van der Waals surface area contributed by atoms with Crippen LogP contribution in [0.3, 0.4) is 0 Å². The number of amides is 1. The lowest BCUT2D eigenvalue weighted by atomic mass is 9.99. The Hall–Kier alpha value is -1.26. The van der Waals surface area contributed by atoms with Crippen LogP contribution in [-0.4, -0.2) is 35.3 Å². The van der Waals surface area contributed by atoms with Gasteiger partial charge in [0, 0.05) is 11.6 Å². The van der Waals surface area contributed by atoms with E-state index in [0.717, 1.165) is 18.4 Å². The molecule has 1 saturated heterocycles. The number of hydrogen-bond acceptors (Lipinski definition) is 3. The fourth-order valence-corrected chi connectivity index (χ4v) is 2.91. The number of likely N-dealkylation sites (tertiary alicyclic amines) is 1. The van der Waals surface area contributed by atoms with E-state index in [4.69, 9.17) is 21.1 Å². The second kappa shape index (κ2) is 7.10. The Kier molecular flexibility index (Phi) is 5.58. The van der Waals surface area contributed by atoms with Gasteiger partial charge in [-0.05, 0) is 51.3 Å². The molecule has 5 heteroatoms. The molecule has 1 unspecified atom stereocenters. The van der Waals surface area contributed by atoms with Crippen molar-refractivity contribution in [3.8, 4) is 0 Å². The largest absolute Gasteiger partial charge is 0.444 e. The Bertz CT molecular complexity index is 555. The van der Waals surface area contributed by atoms with Crippen molar-refractivity contribution in [3.63, 3.8) is 0 Å². The molecule has 1 aromatic rings. The lowest BCUT2D eigenvalue weighted by Crippen LogP contribution is -2.40. The van der Waals surface area contributed by atoms with E-state index in [2.05, 4.69) is 6.92 Å². The second-order valence-corrected chi connectivity index (χ2v) is 7.54. The average molecular weight is 340 g/mol. The lowest BCUT2D eigenvalue weighted by Gasteiger charge is -2.29. The van der Waals surface area contributed by atoms with Crippen molar-refractivity contribution in [2.24, 2.45) is 0 Å². The molecular formula is C18H26ClNO3. The highest BCUT2D eigenvalue weighted by Crippen LogP contribution is 2.31. The van der Waals surface area contributed by atoms with Crippen molar-refractivity contribution in [3.05, 3.63) is 34.9 Å². The van der Waals surface area contributed by atoms with E-state index in [0.29, 0.717) is 24.7 Å². The van der Waals surface area contributed by atoms with Gasteiger partial charge in [0.15, 0.2) is 0 Å². The predicted molar refractivity (Wildman–Crippen MR) is 91.7 cm³/mol. The standard InChI is InChI=1S/C18H26ClNO3/c1-5-18(22-12-14-7-6-8-15(19)11-14)9-10-20(13-18)16(21)23-17(2,3)4/h6-8,11H,5,9-10,12-13H2,1-4H3. The first-order valence-electron chi connectivity index (χ1n) is 8.09. The Morgan fingerprint density at radius 1 is 1.39 bits per heavy atom. The molecule has 0 aromatic heterocycles. The highest BCUT2D eigenvalue weighted by molar-refractivity contribution is 6.30. The summed E-state index contributed by atoms with van der Waals surface area (Å²) in [5.74, 6) is 0. The van der Waals surface area contributed by atoms with E-state index in [1.54, 1.807) is 4.90 Å². The van der Waals surface area contributed by atoms with E-state index in [-0.39, 0.29) is 11.7 Å². The number of carbonyl (C=O) groups is 1. The Morgan fingerprint density at radius 3 is 2.74 bits per heavy atom. The van der Waals surface area contributed by atoms with E-state index in [9.17, 15) is 4.79 Å². The predicted octanol–water partition coefficient (Wildman–Crippen LogP) is 4.65. The normalized spacial score (nSPS) is 21.5. The molecule has 4 nitrogen and oxygen atoms in total. The molecule has 0 N–H and O–H groups in total. The van der Waals surface area contributed by atoms with Gasteiger partial charge in [0.1, 0.15) is 5.60 Å². The van der Waals surface area contributed by atoms with Crippen LogP contribution < -0.4 is 0 Å². The minimum atomic E-state index is -0.476. The first-order chi connectivity index (χ1) is 10.7. The molecule has 0 aliphatic carbocycles. The topological polar surface area (TPSA) is 38.8 Å². The van der Waals surface area contributed by atoms with Crippen molar-refractivity contribution >= 4 is 17.7 Å². The molecule has 2 rings (SSSR count). The van der Waals surface area contributed by atoms with Crippen LogP contribution in [0.5, 0.6) is 0 Å². The summed E-state index contributed by atoms with van der Waals surface area (Å²) in [4.78, 5) is 14.0. The first-order valence-corrected chi connectivity index (χ1v) is 8.47. The number of benzene rings is 1. The number of nitrogens with zero attached hydrogens (tertiary/aromatic N) is 1. The van der Waals surface area contributed by atoms with Crippen LogP contribution in [-0.2, 0) is 16.1 Å². The third kappa shape index (κ3) is 5.11. The van der Waals surface area contributed by atoms with Gasteiger partial charge < -0.3 is 14.4 Å². The molecule has 1 aliphatic heterocycles. The molecule has 23 heavy (non-hydrogen) atoms. The van der Waals surface area contributed by atoms with Gasteiger partial charge in [-0.1, -0.05) is 30.7 Å². The Morgan fingerprint density at radius 2 is 2.13 bits per heavy atom. The molecule has 1 heterocycles. The van der Waals surface area contributed by atoms with E-state index >= 15 is 0 Å². The fourth-order valence-electron chi connectivity index (χ4n) is 2.70. The third-order valence-electron chi connectivity index (χ3n) is 4.05. The maximum absolute atomic E-state index is 12.2. The average Bonchev–Trinajstić information content (AvgIpc) is 2.89. The van der Waals surface area contributed by atoms with Crippen LogP contribution in [0.2, 0.25) is 5.02 Å². The van der Waals surface area contributed by atoms with Crippen molar-refractivity contribution < 1.29 is 14.3 Å². The van der Waals surface area contributed by atoms with Crippen molar-refractivity contribution in [1.82, 2.24) is 4.90 Å². The zero-order valence-electron chi connectivity index (χ0n) is 14.4. The molecule has 0 radical (unpaired) electrons. The molecule has 1 atom stereocenters. The number of ether oxygens (including phenoxy) is 2. The smallest absolute Gasteiger partial charge is 0.410 e. The van der Waals surface area contributed by atoms with E-state index in [1.165, 1.54) is 0 Å². The van der Waals surface area contributed by atoms with Gasteiger partial charge in [-0.25, -0.2) is 4.79 Å². The molecule has 0 bridgehead atoms. The summed E-state index contributed by atoms with van der Waals surface area (Å²) in [5.41, 5.74) is 0.260. The number of hydrogen-bond donors (Lipinski definition) is 0. The fraction of sp³-hybridized carbons (Fsp3) is 0.611. The van der Waals surface area contributed by atoms with Gasteiger partial charge in [0.2, 0.25) is 0 Å². The van der Waals surface area contributed by atoms with Crippen molar-refractivity contribution in [2.75, 3.05) is 13.1 Å². The van der Waals surface area contributed by atoms with Gasteiger partial charge in [0.25, 0.3) is 0 Å².